The first-order chi connectivity index (χ1) is 16.1. The summed E-state index contributed by atoms with van der Waals surface area (Å²) in [5.41, 5.74) is 0.216. The van der Waals surface area contributed by atoms with Crippen LogP contribution in [0, 0.1) is 5.92 Å². The number of rotatable bonds is 7. The first kappa shape index (κ1) is 25.3. The summed E-state index contributed by atoms with van der Waals surface area (Å²) in [6.07, 6.45) is 2.68. The van der Waals surface area contributed by atoms with Crippen molar-refractivity contribution in [2.45, 2.75) is 57.7 Å². The summed E-state index contributed by atoms with van der Waals surface area (Å²) in [6.45, 7) is 9.53. The van der Waals surface area contributed by atoms with Gasteiger partial charge in [0.15, 0.2) is 0 Å². The maximum atomic E-state index is 13.3. The monoisotopic (exact) mass is 466 g/mol. The Morgan fingerprint density at radius 3 is 2.53 bits per heavy atom. The van der Waals surface area contributed by atoms with Crippen LogP contribution in [0.3, 0.4) is 0 Å². The van der Waals surface area contributed by atoms with Crippen molar-refractivity contribution >= 4 is 28.7 Å². The van der Waals surface area contributed by atoms with Crippen LogP contribution in [0.4, 0.5) is 4.79 Å². The second-order valence-corrected chi connectivity index (χ2v) is 9.74. The average molecular weight is 467 g/mol. The Bertz CT molecular complexity index is 1060. The smallest absolute Gasteiger partial charge is 0.410 e. The molecule has 34 heavy (non-hydrogen) atoms. The van der Waals surface area contributed by atoms with Crippen LogP contribution in [0.2, 0.25) is 0 Å². The van der Waals surface area contributed by atoms with Crippen LogP contribution < -0.4 is 5.32 Å². The number of hydrogen-bond acceptors (Lipinski definition) is 5. The standard InChI is InChI=1S/C27H34N2O5/c1-6-9-19-16-23(29(17-19)26(32)34-27(2,3)4)24(30)28-22(25(31)33-5)15-18-12-13-20-10-7-8-11-21(20)14-18/h6-8,10-14,19,22-23H,1,9,15-17H2,2-5H3,(H,28,30)/t19-,22-,23?/m0/s1. The van der Waals surface area contributed by atoms with Gasteiger partial charge >= 0.3 is 12.1 Å². The van der Waals surface area contributed by atoms with Gasteiger partial charge in [0.2, 0.25) is 5.91 Å². The highest BCUT2D eigenvalue weighted by molar-refractivity contribution is 5.90. The molecule has 1 saturated heterocycles. The molecule has 2 aromatic rings. The molecule has 1 heterocycles. The zero-order valence-corrected chi connectivity index (χ0v) is 20.4. The molecule has 182 valence electrons. The van der Waals surface area contributed by atoms with Gasteiger partial charge in [-0.15, -0.1) is 6.58 Å². The minimum absolute atomic E-state index is 0.0952. The summed E-state index contributed by atoms with van der Waals surface area (Å²) < 4.78 is 10.5. The molecule has 7 nitrogen and oxygen atoms in total. The number of carbonyl (C=O) groups excluding carboxylic acids is 3. The molecule has 1 unspecified atom stereocenters. The molecule has 0 spiro atoms. The van der Waals surface area contributed by atoms with Gasteiger partial charge in [-0.2, -0.15) is 0 Å². The number of nitrogens with one attached hydrogen (secondary N) is 1. The number of allylic oxidation sites excluding steroid dienone is 1. The van der Waals surface area contributed by atoms with Gasteiger partial charge in [-0.05, 0) is 55.9 Å². The SMILES string of the molecule is C=CC[C@H]1CC(C(=O)N[C@@H](Cc2ccc3ccccc3c2)C(=O)OC)N(C(=O)OC(C)(C)C)C1. The predicted octanol–water partition coefficient (Wildman–Crippen LogP) is 4.24. The first-order valence-corrected chi connectivity index (χ1v) is 11.6. The molecule has 0 aliphatic carbocycles. The van der Waals surface area contributed by atoms with E-state index in [0.29, 0.717) is 19.4 Å². The van der Waals surface area contributed by atoms with Crippen molar-refractivity contribution in [3.05, 3.63) is 60.7 Å². The first-order valence-electron chi connectivity index (χ1n) is 11.6. The van der Waals surface area contributed by atoms with E-state index in [1.54, 1.807) is 26.8 Å². The number of esters is 1. The second-order valence-electron chi connectivity index (χ2n) is 9.74. The molecular formula is C27H34N2O5. The molecule has 2 amide bonds. The van der Waals surface area contributed by atoms with Crippen molar-refractivity contribution in [2.24, 2.45) is 5.92 Å². The summed E-state index contributed by atoms with van der Waals surface area (Å²) in [7, 11) is 1.30. The molecule has 0 saturated carbocycles. The van der Waals surface area contributed by atoms with Crippen LogP contribution >= 0.6 is 0 Å². The topological polar surface area (TPSA) is 84.9 Å². The number of methoxy groups -OCH3 is 1. The molecule has 1 fully saturated rings. The molecule has 0 radical (unpaired) electrons. The number of ether oxygens (including phenoxy) is 2. The minimum atomic E-state index is -0.877. The highest BCUT2D eigenvalue weighted by atomic mass is 16.6. The van der Waals surface area contributed by atoms with Crippen molar-refractivity contribution in [3.63, 3.8) is 0 Å². The second kappa shape index (κ2) is 10.7. The van der Waals surface area contributed by atoms with Crippen molar-refractivity contribution in [1.82, 2.24) is 10.2 Å². The van der Waals surface area contributed by atoms with Crippen LogP contribution in [-0.4, -0.2) is 54.2 Å². The zero-order valence-electron chi connectivity index (χ0n) is 20.4. The van der Waals surface area contributed by atoms with E-state index in [-0.39, 0.29) is 12.3 Å². The lowest BCUT2D eigenvalue weighted by atomic mass is 10.00. The predicted molar refractivity (Wildman–Crippen MR) is 131 cm³/mol. The fourth-order valence-electron chi connectivity index (χ4n) is 4.31. The highest BCUT2D eigenvalue weighted by Crippen LogP contribution is 2.28. The number of hydrogen-bond donors (Lipinski definition) is 1. The van der Waals surface area contributed by atoms with E-state index >= 15 is 0 Å². The van der Waals surface area contributed by atoms with E-state index < -0.39 is 35.7 Å². The quantitative estimate of drug-likeness (QED) is 0.487. The van der Waals surface area contributed by atoms with Crippen molar-refractivity contribution in [1.29, 1.82) is 0 Å². The van der Waals surface area contributed by atoms with Crippen molar-refractivity contribution in [3.8, 4) is 0 Å². The van der Waals surface area contributed by atoms with E-state index in [4.69, 9.17) is 9.47 Å². The van der Waals surface area contributed by atoms with E-state index in [0.717, 1.165) is 16.3 Å². The molecule has 1 N–H and O–H groups in total. The van der Waals surface area contributed by atoms with E-state index in [1.807, 2.05) is 42.5 Å². The fraction of sp³-hybridized carbons (Fsp3) is 0.444. The summed E-state index contributed by atoms with van der Waals surface area (Å²) >= 11 is 0. The van der Waals surface area contributed by atoms with Gasteiger partial charge in [-0.3, -0.25) is 9.69 Å². The largest absolute Gasteiger partial charge is 0.467 e. The number of nitrogens with zero attached hydrogens (tertiary/aromatic N) is 1. The normalized spacial score (nSPS) is 18.9. The maximum absolute atomic E-state index is 13.3. The summed E-state index contributed by atoms with van der Waals surface area (Å²) in [5.74, 6) is -0.836. The third-order valence-electron chi connectivity index (χ3n) is 5.87. The average Bonchev–Trinajstić information content (AvgIpc) is 3.21. The number of benzene rings is 2. The van der Waals surface area contributed by atoms with Gasteiger partial charge in [0, 0.05) is 13.0 Å². The molecule has 2 aromatic carbocycles. The minimum Gasteiger partial charge on any atom is -0.467 e. The van der Waals surface area contributed by atoms with E-state index in [2.05, 4.69) is 11.9 Å². The van der Waals surface area contributed by atoms with Crippen LogP contribution in [0.25, 0.3) is 10.8 Å². The summed E-state index contributed by atoms with van der Waals surface area (Å²) in [5, 5.41) is 4.97. The molecular weight excluding hydrogens is 432 g/mol. The Kier molecular flexibility index (Phi) is 7.97. The van der Waals surface area contributed by atoms with Crippen LogP contribution in [0.5, 0.6) is 0 Å². The Labute approximate surface area is 201 Å². The Balaban J connectivity index is 1.78. The van der Waals surface area contributed by atoms with Crippen LogP contribution in [-0.2, 0) is 25.5 Å². The number of fused-ring (bicyclic) bond motifs is 1. The third-order valence-corrected chi connectivity index (χ3v) is 5.87. The lowest BCUT2D eigenvalue weighted by molar-refractivity contribution is -0.145. The fourth-order valence-corrected chi connectivity index (χ4v) is 4.31. The Morgan fingerprint density at radius 1 is 1.18 bits per heavy atom. The Morgan fingerprint density at radius 2 is 1.88 bits per heavy atom. The maximum Gasteiger partial charge on any atom is 0.410 e. The van der Waals surface area contributed by atoms with Gasteiger partial charge in [-0.25, -0.2) is 9.59 Å². The van der Waals surface area contributed by atoms with Gasteiger partial charge in [0.1, 0.15) is 17.7 Å². The van der Waals surface area contributed by atoms with Gasteiger partial charge < -0.3 is 14.8 Å². The molecule has 7 heteroatoms. The van der Waals surface area contributed by atoms with Crippen LogP contribution in [0.15, 0.2) is 55.1 Å². The molecule has 3 rings (SSSR count). The molecule has 1 aliphatic rings. The molecule has 0 bridgehead atoms. The van der Waals surface area contributed by atoms with Gasteiger partial charge in [0.25, 0.3) is 0 Å². The van der Waals surface area contributed by atoms with Crippen molar-refractivity contribution < 1.29 is 23.9 Å². The van der Waals surface area contributed by atoms with Crippen molar-refractivity contribution in [2.75, 3.05) is 13.7 Å². The van der Waals surface area contributed by atoms with E-state index in [1.165, 1.54) is 12.0 Å². The lowest BCUT2D eigenvalue weighted by Crippen LogP contribution is -2.52. The van der Waals surface area contributed by atoms with Gasteiger partial charge in [0.05, 0.1) is 7.11 Å². The molecule has 3 atom stereocenters. The third kappa shape index (κ3) is 6.37. The molecule has 1 aliphatic heterocycles. The molecule has 0 aromatic heterocycles. The van der Waals surface area contributed by atoms with E-state index in [9.17, 15) is 14.4 Å². The number of likely N-dealkylation sites (tertiary alicyclic amines) is 1. The lowest BCUT2D eigenvalue weighted by Gasteiger charge is -2.29. The highest BCUT2D eigenvalue weighted by Gasteiger charge is 2.42. The summed E-state index contributed by atoms with van der Waals surface area (Å²) in [4.78, 5) is 40.1. The summed E-state index contributed by atoms with van der Waals surface area (Å²) in [6, 6.07) is 12.3. The Hall–Kier alpha value is -3.35. The van der Waals surface area contributed by atoms with Gasteiger partial charge in [-0.1, -0.05) is 48.5 Å². The van der Waals surface area contributed by atoms with Crippen LogP contribution in [0.1, 0.15) is 39.2 Å². The number of carbonyl (C=O) groups is 3. The zero-order chi connectivity index (χ0) is 24.9. The number of amides is 2.